The molecule has 0 spiro atoms. The van der Waals surface area contributed by atoms with Gasteiger partial charge in [0, 0.05) is 11.8 Å². The molecule has 5 heteroatoms. The van der Waals surface area contributed by atoms with Gasteiger partial charge >= 0.3 is 0 Å². The van der Waals surface area contributed by atoms with Crippen molar-refractivity contribution in [1.29, 1.82) is 0 Å². The van der Waals surface area contributed by atoms with Crippen LogP contribution in [0.3, 0.4) is 0 Å². The Morgan fingerprint density at radius 1 is 1.23 bits per heavy atom. The van der Waals surface area contributed by atoms with E-state index >= 15 is 0 Å². The van der Waals surface area contributed by atoms with Gasteiger partial charge in [-0.05, 0) is 23.7 Å². The molecule has 3 N–H and O–H groups in total. The number of fused-ring (bicyclic) bond motifs is 1. The fraction of sp³-hybridized carbons (Fsp3) is 0.875. The van der Waals surface area contributed by atoms with Crippen LogP contribution in [0.2, 0.25) is 0 Å². The maximum atomic E-state index is 11.4. The van der Waals surface area contributed by atoms with Crippen LogP contribution in [-0.4, -0.2) is 10.7 Å². The number of carbonyl (C=O) groups excluding carboxylic acids is 1. The Balaban J connectivity index is 1.83. The number of rotatable bonds is 2. The molecule has 4 rings (SSSR count). The van der Waals surface area contributed by atoms with Gasteiger partial charge in [-0.3, -0.25) is 10.2 Å². The average molecular weight is 221 g/mol. The van der Waals surface area contributed by atoms with E-state index in [9.17, 15) is 4.79 Å². The first-order valence-corrected chi connectivity index (χ1v) is 5.34. The van der Waals surface area contributed by atoms with Crippen molar-refractivity contribution in [3.05, 3.63) is 0 Å². The van der Waals surface area contributed by atoms with Crippen LogP contribution in [0.4, 0.5) is 0 Å². The quantitative estimate of drug-likeness (QED) is 0.309. The van der Waals surface area contributed by atoms with Gasteiger partial charge in [-0.15, -0.1) is 23.2 Å². The van der Waals surface area contributed by atoms with Gasteiger partial charge in [0.1, 0.15) is 4.84 Å². The van der Waals surface area contributed by atoms with E-state index in [1.807, 2.05) is 0 Å². The number of amides is 1. The van der Waals surface area contributed by atoms with Crippen LogP contribution in [-0.2, 0) is 4.79 Å². The maximum Gasteiger partial charge on any atom is 0.237 e. The molecule has 0 heterocycles. The third-order valence-corrected chi connectivity index (χ3v) is 4.53. The molecule has 72 valence electrons. The van der Waals surface area contributed by atoms with E-state index in [0.717, 1.165) is 11.8 Å². The number of nitrogens with two attached hydrogens (primary N) is 1. The number of hydrazine groups is 1. The van der Waals surface area contributed by atoms with Gasteiger partial charge in [0.25, 0.3) is 0 Å². The van der Waals surface area contributed by atoms with Crippen LogP contribution in [0.1, 0.15) is 0 Å². The van der Waals surface area contributed by atoms with E-state index in [1.54, 1.807) is 0 Å². The standard InChI is InChI=1S/C8H10Cl2N2O/c9-7(10)5-3-1-2(3)4(1)6(5)8(13)12-11/h1-7H,11H2,(H,12,13)/t1?,2?,3?,4?,5-,6+/m1/s1. The first-order chi connectivity index (χ1) is 6.18. The third kappa shape index (κ3) is 0.833. The molecule has 0 saturated heterocycles. The Labute approximate surface area is 85.9 Å². The molecule has 0 radical (unpaired) electrons. The van der Waals surface area contributed by atoms with Gasteiger partial charge in [0.15, 0.2) is 0 Å². The zero-order chi connectivity index (χ0) is 9.33. The summed E-state index contributed by atoms with van der Waals surface area (Å²) < 4.78 is 0. The summed E-state index contributed by atoms with van der Waals surface area (Å²) in [6.07, 6.45) is 0. The highest BCUT2D eigenvalue weighted by atomic mass is 35.5. The summed E-state index contributed by atoms with van der Waals surface area (Å²) in [6, 6.07) is 0. The SMILES string of the molecule is NNC(=O)[C@H]1C2C3C2C3[C@H]1C(Cl)Cl. The molecule has 0 aromatic carbocycles. The summed E-state index contributed by atoms with van der Waals surface area (Å²) in [5, 5.41) is 0. The number of alkyl halides is 2. The second-order valence-electron chi connectivity index (χ2n) is 4.26. The van der Waals surface area contributed by atoms with E-state index in [0.29, 0.717) is 11.8 Å². The maximum absolute atomic E-state index is 11.4. The van der Waals surface area contributed by atoms with Crippen molar-refractivity contribution in [2.24, 2.45) is 41.4 Å². The Hall–Kier alpha value is 0.01000. The minimum absolute atomic E-state index is 0.0231. The number of carbonyl (C=O) groups is 1. The zero-order valence-electron chi connectivity index (χ0n) is 6.78. The zero-order valence-corrected chi connectivity index (χ0v) is 8.29. The predicted molar refractivity (Wildman–Crippen MR) is 48.8 cm³/mol. The second-order valence-corrected chi connectivity index (χ2v) is 5.42. The van der Waals surface area contributed by atoms with Crippen molar-refractivity contribution in [2.45, 2.75) is 4.84 Å². The summed E-state index contributed by atoms with van der Waals surface area (Å²) in [7, 11) is 0. The monoisotopic (exact) mass is 220 g/mol. The topological polar surface area (TPSA) is 55.1 Å². The van der Waals surface area contributed by atoms with Gasteiger partial charge in [-0.25, -0.2) is 5.84 Å². The van der Waals surface area contributed by atoms with Crippen LogP contribution in [0.25, 0.3) is 0 Å². The molecule has 4 atom stereocenters. The molecule has 3 nitrogen and oxygen atoms in total. The predicted octanol–water partition coefficient (Wildman–Crippen LogP) is 0.518. The molecule has 13 heavy (non-hydrogen) atoms. The molecule has 0 aliphatic heterocycles. The summed E-state index contributed by atoms with van der Waals surface area (Å²) in [6.45, 7) is 0. The summed E-state index contributed by atoms with van der Waals surface area (Å²) in [4.78, 5) is 11.0. The number of nitrogens with one attached hydrogen (secondary N) is 1. The van der Waals surface area contributed by atoms with E-state index in [-0.39, 0.29) is 17.7 Å². The Morgan fingerprint density at radius 2 is 1.85 bits per heavy atom. The second kappa shape index (κ2) is 2.33. The highest BCUT2D eigenvalue weighted by molar-refractivity contribution is 6.44. The molecular weight excluding hydrogens is 211 g/mol. The van der Waals surface area contributed by atoms with Gasteiger partial charge in [0.05, 0.1) is 0 Å². The lowest BCUT2D eigenvalue weighted by atomic mass is 9.97. The van der Waals surface area contributed by atoms with E-state index < -0.39 is 4.84 Å². The molecule has 4 aliphatic rings. The molecule has 4 saturated carbocycles. The van der Waals surface area contributed by atoms with Crippen LogP contribution < -0.4 is 11.3 Å². The van der Waals surface area contributed by atoms with Crippen LogP contribution in [0, 0.1) is 35.5 Å². The molecule has 0 aromatic heterocycles. The van der Waals surface area contributed by atoms with E-state index in [1.165, 1.54) is 0 Å². The van der Waals surface area contributed by atoms with Crippen molar-refractivity contribution < 1.29 is 4.79 Å². The van der Waals surface area contributed by atoms with Crippen LogP contribution in [0.15, 0.2) is 0 Å². The first kappa shape index (κ1) is 8.33. The Morgan fingerprint density at radius 3 is 2.31 bits per heavy atom. The van der Waals surface area contributed by atoms with Crippen molar-refractivity contribution in [2.75, 3.05) is 0 Å². The molecule has 4 fully saturated rings. The fourth-order valence-electron chi connectivity index (χ4n) is 3.40. The summed E-state index contributed by atoms with van der Waals surface area (Å²) in [5.74, 6) is 7.80. The first-order valence-electron chi connectivity index (χ1n) is 4.47. The lowest BCUT2D eigenvalue weighted by Crippen LogP contribution is -2.39. The average Bonchev–Trinajstić information content (AvgIpc) is 2.91. The molecule has 0 aromatic rings. The molecule has 2 unspecified atom stereocenters. The summed E-state index contributed by atoms with van der Waals surface area (Å²) >= 11 is 11.7. The fourth-order valence-corrected chi connectivity index (χ4v) is 4.05. The van der Waals surface area contributed by atoms with E-state index in [2.05, 4.69) is 5.43 Å². The van der Waals surface area contributed by atoms with Crippen molar-refractivity contribution in [3.63, 3.8) is 0 Å². The molecule has 2 bridgehead atoms. The number of halogens is 2. The highest BCUT2D eigenvalue weighted by Gasteiger charge is 2.85. The minimum Gasteiger partial charge on any atom is -0.294 e. The van der Waals surface area contributed by atoms with Gasteiger partial charge in [-0.2, -0.15) is 0 Å². The van der Waals surface area contributed by atoms with Crippen molar-refractivity contribution in [1.82, 2.24) is 5.43 Å². The van der Waals surface area contributed by atoms with Gasteiger partial charge in [0.2, 0.25) is 5.91 Å². The Kier molecular flexibility index (Phi) is 1.49. The van der Waals surface area contributed by atoms with Crippen LogP contribution in [0.5, 0.6) is 0 Å². The van der Waals surface area contributed by atoms with Crippen molar-refractivity contribution in [3.8, 4) is 0 Å². The smallest absolute Gasteiger partial charge is 0.237 e. The van der Waals surface area contributed by atoms with E-state index in [4.69, 9.17) is 29.0 Å². The molecule has 4 aliphatic carbocycles. The van der Waals surface area contributed by atoms with Crippen molar-refractivity contribution >= 4 is 29.1 Å². The molecular formula is C8H10Cl2N2O. The lowest BCUT2D eigenvalue weighted by molar-refractivity contribution is -0.126. The third-order valence-electron chi connectivity index (χ3n) is 3.95. The largest absolute Gasteiger partial charge is 0.294 e. The van der Waals surface area contributed by atoms with Crippen LogP contribution >= 0.6 is 23.2 Å². The van der Waals surface area contributed by atoms with Gasteiger partial charge < -0.3 is 0 Å². The van der Waals surface area contributed by atoms with Gasteiger partial charge in [-0.1, -0.05) is 0 Å². The lowest BCUT2D eigenvalue weighted by Gasteiger charge is -2.17. The molecule has 1 amide bonds. The Bertz CT molecular complexity index is 273. The minimum atomic E-state index is -0.424. The summed E-state index contributed by atoms with van der Waals surface area (Å²) in [5.41, 5.74) is 2.21. The number of hydrogen-bond donors (Lipinski definition) is 2. The highest BCUT2D eigenvalue weighted by Crippen LogP contribution is 2.86. The normalized spacial score (nSPS) is 54.8. The number of hydrogen-bond acceptors (Lipinski definition) is 2.